The van der Waals surface area contributed by atoms with E-state index in [0.29, 0.717) is 30.9 Å². The van der Waals surface area contributed by atoms with Gasteiger partial charge in [-0.15, -0.1) is 0 Å². The van der Waals surface area contributed by atoms with Gasteiger partial charge < -0.3 is 14.5 Å². The quantitative estimate of drug-likeness (QED) is 0.454. The molecule has 0 atom stereocenters. The summed E-state index contributed by atoms with van der Waals surface area (Å²) in [6.45, 7) is 9.63. The number of rotatable bonds is 10. The molecule has 0 unspecified atom stereocenters. The summed E-state index contributed by atoms with van der Waals surface area (Å²) in [5.74, 6) is -1.77. The van der Waals surface area contributed by atoms with Crippen LogP contribution in [0.2, 0.25) is 0 Å². The average molecular weight is 585 g/mol. The molecule has 2 aromatic carbocycles. The number of nitrogens with one attached hydrogen (secondary N) is 1. The second-order valence-corrected chi connectivity index (χ2v) is 11.1. The van der Waals surface area contributed by atoms with E-state index in [1.54, 1.807) is 58.8 Å². The standard InChI is InChI=1S/C30H38F2N6O4/c1-7-36(29(41)42-30(3,4)5)10-11-38(26-14-22(15-33)25(32)12-20(26)2)28(40)17-34-16-27(39)35(6)37-18-21-8-9-24(31)13-23(21)19-37/h8-9,12-14,34H,7,10-11,16-19H2,1-6H3. The number of amides is 3. The van der Waals surface area contributed by atoms with E-state index < -0.39 is 23.4 Å². The van der Waals surface area contributed by atoms with Crippen molar-refractivity contribution in [2.45, 2.75) is 53.3 Å². The van der Waals surface area contributed by atoms with Crippen LogP contribution >= 0.6 is 0 Å². The Bertz CT molecular complexity index is 1370. The van der Waals surface area contributed by atoms with Gasteiger partial charge in [-0.2, -0.15) is 5.26 Å². The molecule has 0 saturated carbocycles. The molecule has 2 aromatic rings. The number of fused-ring (bicyclic) bond motifs is 1. The Morgan fingerprint density at radius 1 is 1.05 bits per heavy atom. The third-order valence-electron chi connectivity index (χ3n) is 6.84. The largest absolute Gasteiger partial charge is 0.444 e. The number of carbonyl (C=O) groups is 3. The lowest BCUT2D eigenvalue weighted by Gasteiger charge is -2.30. The maximum Gasteiger partial charge on any atom is 0.410 e. The number of benzene rings is 2. The third-order valence-corrected chi connectivity index (χ3v) is 6.84. The Kier molecular flexibility index (Phi) is 10.6. The summed E-state index contributed by atoms with van der Waals surface area (Å²) >= 11 is 0. The van der Waals surface area contributed by atoms with Crippen LogP contribution in [0.3, 0.4) is 0 Å². The number of nitriles is 1. The van der Waals surface area contributed by atoms with Crippen LogP contribution in [0.1, 0.15) is 49.9 Å². The zero-order valence-corrected chi connectivity index (χ0v) is 25.0. The van der Waals surface area contributed by atoms with E-state index in [0.717, 1.165) is 11.1 Å². The summed E-state index contributed by atoms with van der Waals surface area (Å²) < 4.78 is 33.3. The molecule has 10 nitrogen and oxygen atoms in total. The number of hydrogen-bond acceptors (Lipinski definition) is 7. The molecule has 3 rings (SSSR count). The topological polar surface area (TPSA) is 109 Å². The molecule has 0 saturated heterocycles. The number of carbonyl (C=O) groups excluding carboxylic acids is 3. The van der Waals surface area contributed by atoms with Crippen LogP contribution in [0.4, 0.5) is 19.3 Å². The first-order chi connectivity index (χ1) is 19.7. The number of likely N-dealkylation sites (N-methyl/N-ethyl adjacent to an activating group) is 2. The van der Waals surface area contributed by atoms with Crippen molar-refractivity contribution in [2.24, 2.45) is 0 Å². The maximum atomic E-state index is 14.3. The fourth-order valence-electron chi connectivity index (χ4n) is 4.54. The summed E-state index contributed by atoms with van der Waals surface area (Å²) in [5.41, 5.74) is 1.59. The number of anilines is 1. The first-order valence-electron chi connectivity index (χ1n) is 13.7. The predicted molar refractivity (Wildman–Crippen MR) is 153 cm³/mol. The molecule has 0 spiro atoms. The summed E-state index contributed by atoms with van der Waals surface area (Å²) in [6.07, 6.45) is -0.537. The molecule has 1 aliphatic heterocycles. The predicted octanol–water partition coefficient (Wildman–Crippen LogP) is 3.71. The fourth-order valence-corrected chi connectivity index (χ4v) is 4.54. The van der Waals surface area contributed by atoms with Crippen molar-refractivity contribution < 1.29 is 27.9 Å². The number of ether oxygens (including phenoxy) is 1. The van der Waals surface area contributed by atoms with Gasteiger partial charge >= 0.3 is 6.09 Å². The Hall–Kier alpha value is -4.08. The van der Waals surface area contributed by atoms with Crippen molar-refractivity contribution in [3.05, 3.63) is 64.2 Å². The molecule has 1 N–H and O–H groups in total. The van der Waals surface area contributed by atoms with Crippen molar-refractivity contribution in [3.63, 3.8) is 0 Å². The smallest absolute Gasteiger partial charge is 0.410 e. The van der Waals surface area contributed by atoms with E-state index in [1.807, 2.05) is 0 Å². The molecule has 226 valence electrons. The minimum absolute atomic E-state index is 0.0430. The van der Waals surface area contributed by atoms with E-state index in [2.05, 4.69) is 5.32 Å². The van der Waals surface area contributed by atoms with Gasteiger partial charge in [0.15, 0.2) is 0 Å². The van der Waals surface area contributed by atoms with Crippen LogP contribution < -0.4 is 10.2 Å². The highest BCUT2D eigenvalue weighted by Gasteiger charge is 2.27. The highest BCUT2D eigenvalue weighted by molar-refractivity contribution is 5.96. The highest BCUT2D eigenvalue weighted by atomic mass is 19.1. The van der Waals surface area contributed by atoms with Gasteiger partial charge in [0.05, 0.1) is 18.7 Å². The fraction of sp³-hybridized carbons (Fsp3) is 0.467. The molecule has 0 aliphatic carbocycles. The summed E-state index contributed by atoms with van der Waals surface area (Å²) in [6, 6.07) is 8.83. The van der Waals surface area contributed by atoms with Crippen LogP contribution in [-0.4, -0.2) is 78.2 Å². The molecule has 0 aromatic heterocycles. The Labute approximate surface area is 245 Å². The molecule has 0 radical (unpaired) electrons. The molecule has 0 bridgehead atoms. The SMILES string of the molecule is CCN(CCN(C(=O)CNCC(=O)N(C)N1Cc2ccc(F)cc2C1)c1cc(C#N)c(F)cc1C)C(=O)OC(C)(C)C. The lowest BCUT2D eigenvalue weighted by atomic mass is 10.1. The zero-order valence-electron chi connectivity index (χ0n) is 25.0. The molecule has 12 heteroatoms. The molecule has 42 heavy (non-hydrogen) atoms. The molecule has 1 aliphatic rings. The van der Waals surface area contributed by atoms with Gasteiger partial charge in [0.1, 0.15) is 23.3 Å². The Morgan fingerprint density at radius 2 is 1.71 bits per heavy atom. The highest BCUT2D eigenvalue weighted by Crippen LogP contribution is 2.25. The van der Waals surface area contributed by atoms with Gasteiger partial charge in [0.25, 0.3) is 5.91 Å². The number of halogens is 2. The first-order valence-corrected chi connectivity index (χ1v) is 13.7. The molecular formula is C30H38F2N6O4. The maximum absolute atomic E-state index is 14.3. The first kappa shape index (κ1) is 32.4. The van der Waals surface area contributed by atoms with Gasteiger partial charge in [0, 0.05) is 45.5 Å². The summed E-state index contributed by atoms with van der Waals surface area (Å²) in [5, 5.41) is 15.5. The summed E-state index contributed by atoms with van der Waals surface area (Å²) in [7, 11) is 1.61. The van der Waals surface area contributed by atoms with Crippen LogP contribution in [0.25, 0.3) is 0 Å². The minimum Gasteiger partial charge on any atom is -0.444 e. The van der Waals surface area contributed by atoms with E-state index in [4.69, 9.17) is 4.74 Å². The van der Waals surface area contributed by atoms with Gasteiger partial charge in [-0.1, -0.05) is 6.07 Å². The normalized spacial score (nSPS) is 12.8. The van der Waals surface area contributed by atoms with E-state index in [9.17, 15) is 28.4 Å². The lowest BCUT2D eigenvalue weighted by molar-refractivity contribution is -0.145. The van der Waals surface area contributed by atoms with Gasteiger partial charge in [-0.3, -0.25) is 19.9 Å². The van der Waals surface area contributed by atoms with Gasteiger partial charge in [-0.25, -0.2) is 18.6 Å². The Balaban J connectivity index is 1.68. The van der Waals surface area contributed by atoms with Crippen LogP contribution in [-0.2, 0) is 27.4 Å². The monoisotopic (exact) mass is 584 g/mol. The molecular weight excluding hydrogens is 546 g/mol. The minimum atomic E-state index is -0.701. The average Bonchev–Trinajstić information content (AvgIpc) is 3.33. The van der Waals surface area contributed by atoms with Crippen molar-refractivity contribution in [2.75, 3.05) is 44.7 Å². The van der Waals surface area contributed by atoms with Crippen LogP contribution in [0.15, 0.2) is 30.3 Å². The summed E-state index contributed by atoms with van der Waals surface area (Å²) in [4.78, 5) is 41.8. The van der Waals surface area contributed by atoms with Crippen molar-refractivity contribution >= 4 is 23.6 Å². The van der Waals surface area contributed by atoms with Gasteiger partial charge in [0.2, 0.25) is 5.91 Å². The van der Waals surface area contributed by atoms with E-state index >= 15 is 0 Å². The molecule has 1 heterocycles. The van der Waals surface area contributed by atoms with Crippen LogP contribution in [0, 0.1) is 29.9 Å². The molecule has 0 fully saturated rings. The van der Waals surface area contributed by atoms with Gasteiger partial charge in [-0.05, 0) is 75.6 Å². The van der Waals surface area contributed by atoms with E-state index in [1.165, 1.54) is 39.1 Å². The van der Waals surface area contributed by atoms with Crippen LogP contribution in [0.5, 0.6) is 0 Å². The molecule has 3 amide bonds. The third kappa shape index (κ3) is 8.24. The second kappa shape index (κ2) is 13.7. The lowest BCUT2D eigenvalue weighted by Crippen LogP contribution is -2.48. The number of nitrogens with zero attached hydrogens (tertiary/aromatic N) is 5. The number of aryl methyl sites for hydroxylation is 1. The number of hydrazine groups is 1. The van der Waals surface area contributed by atoms with E-state index in [-0.39, 0.29) is 43.5 Å². The Morgan fingerprint density at radius 3 is 2.36 bits per heavy atom. The van der Waals surface area contributed by atoms with Crippen molar-refractivity contribution in [3.8, 4) is 6.07 Å². The second-order valence-electron chi connectivity index (χ2n) is 11.1. The zero-order chi connectivity index (χ0) is 31.2. The number of hydrogen-bond donors (Lipinski definition) is 1. The van der Waals surface area contributed by atoms with Crippen molar-refractivity contribution in [1.82, 2.24) is 20.2 Å². The van der Waals surface area contributed by atoms with Crippen molar-refractivity contribution in [1.29, 1.82) is 5.26 Å².